The normalized spacial score (nSPS) is 11.5. The third-order valence-electron chi connectivity index (χ3n) is 9.85. The van der Waals surface area contributed by atoms with Gasteiger partial charge in [-0.1, -0.05) is 78.9 Å². The summed E-state index contributed by atoms with van der Waals surface area (Å²) in [6, 6.07) is 45.9. The van der Waals surface area contributed by atoms with Crippen molar-refractivity contribution < 1.29 is 0 Å². The first-order chi connectivity index (χ1) is 25.1. The summed E-state index contributed by atoms with van der Waals surface area (Å²) in [5.41, 5.74) is 9.23. The van der Waals surface area contributed by atoms with Gasteiger partial charge < -0.3 is 4.57 Å². The smallest absolute Gasteiger partial charge is 0.188 e. The highest BCUT2D eigenvalue weighted by Gasteiger charge is 2.19. The molecule has 0 atom stereocenters. The van der Waals surface area contributed by atoms with E-state index < -0.39 is 0 Å². The molecule has 7 aromatic carbocycles. The Balaban J connectivity index is 1.16. The van der Waals surface area contributed by atoms with Crippen molar-refractivity contribution >= 4 is 102 Å². The number of nitrogens with zero attached hydrogens (tertiary/aromatic N) is 4. The van der Waals surface area contributed by atoms with Crippen LogP contribution in [0, 0.1) is 19.7 Å². The first kappa shape index (κ1) is 29.2. The summed E-state index contributed by atoms with van der Waals surface area (Å²) in [7, 11) is 0. The third kappa shape index (κ3) is 4.41. The van der Waals surface area contributed by atoms with Gasteiger partial charge >= 0.3 is 0 Å². The van der Waals surface area contributed by atoms with Gasteiger partial charge in [0.25, 0.3) is 0 Å². The molecule has 234 valence electrons. The molecule has 0 amide bonds. The van der Waals surface area contributed by atoms with Gasteiger partial charge in [0.1, 0.15) is 0 Å². The summed E-state index contributed by atoms with van der Waals surface area (Å²) in [5, 5.41) is 7.07. The minimum absolute atomic E-state index is 0.591. The molecule has 0 aliphatic rings. The monoisotopic (exact) mass is 682 g/mol. The second kappa shape index (κ2) is 11.1. The zero-order valence-electron chi connectivity index (χ0n) is 26.8. The molecule has 0 radical (unpaired) electrons. The van der Waals surface area contributed by atoms with Crippen molar-refractivity contribution in [1.82, 2.24) is 4.57 Å². The lowest BCUT2D eigenvalue weighted by Gasteiger charge is -2.15. The van der Waals surface area contributed by atoms with E-state index in [2.05, 4.69) is 85.8 Å². The molecule has 0 aliphatic heterocycles. The van der Waals surface area contributed by atoms with Crippen molar-refractivity contribution in [3.05, 3.63) is 168 Å². The Morgan fingerprint density at radius 2 is 0.980 bits per heavy atom. The highest BCUT2D eigenvalue weighted by molar-refractivity contribution is 7.33. The van der Waals surface area contributed by atoms with Crippen molar-refractivity contribution in [2.24, 2.45) is 0 Å². The molecule has 0 spiro atoms. The van der Waals surface area contributed by atoms with E-state index in [9.17, 15) is 0 Å². The van der Waals surface area contributed by atoms with Gasteiger partial charge in [-0.3, -0.25) is 0 Å². The quantitative estimate of drug-likeness (QED) is 0.165. The average molecular weight is 683 g/mol. The standard InChI is InChI=1S/C45H22N4S2/c1-46-29-12-8-26(9-13-29)27-10-20-42-37(22-27)33-16-17-34-38-23-28(11-21-43(38)51-45(34)44(33)50-42)35-24-30(47-2)14-18-40(35)49-39-7-5-4-6-32(39)36-25-31(48-3)15-19-41(36)49/h4-25H. The summed E-state index contributed by atoms with van der Waals surface area (Å²) in [6.45, 7) is 22.7. The fraction of sp³-hybridized carbons (Fsp3) is 0. The van der Waals surface area contributed by atoms with E-state index >= 15 is 0 Å². The van der Waals surface area contributed by atoms with Crippen LogP contribution in [0.2, 0.25) is 0 Å². The lowest BCUT2D eigenvalue weighted by molar-refractivity contribution is 1.18. The van der Waals surface area contributed by atoms with Crippen LogP contribution >= 0.6 is 22.7 Å². The molecular formula is C45H22N4S2. The highest BCUT2D eigenvalue weighted by atomic mass is 32.1. The Bertz CT molecular complexity index is 3230. The lowest BCUT2D eigenvalue weighted by atomic mass is 9.99. The maximum absolute atomic E-state index is 7.85. The summed E-state index contributed by atoms with van der Waals surface area (Å²) in [5.74, 6) is 0. The molecule has 6 heteroatoms. The second-order valence-electron chi connectivity index (χ2n) is 12.6. The molecule has 4 nitrogen and oxygen atoms in total. The van der Waals surface area contributed by atoms with E-state index in [4.69, 9.17) is 19.7 Å². The van der Waals surface area contributed by atoms with Crippen LogP contribution < -0.4 is 0 Å². The molecule has 0 aliphatic carbocycles. The molecule has 3 heterocycles. The van der Waals surface area contributed by atoms with Crippen molar-refractivity contribution in [3.8, 4) is 27.9 Å². The number of benzene rings is 7. The zero-order valence-corrected chi connectivity index (χ0v) is 28.4. The van der Waals surface area contributed by atoms with E-state index in [1.54, 1.807) is 0 Å². The van der Waals surface area contributed by atoms with E-state index in [1.807, 2.05) is 89.4 Å². The minimum Gasteiger partial charge on any atom is -0.309 e. The predicted octanol–water partition coefficient (Wildman–Crippen LogP) is 14.5. The highest BCUT2D eigenvalue weighted by Crippen LogP contribution is 2.47. The number of hydrogen-bond donors (Lipinski definition) is 0. The van der Waals surface area contributed by atoms with Crippen LogP contribution in [0.25, 0.3) is 105 Å². The van der Waals surface area contributed by atoms with E-state index in [-0.39, 0.29) is 0 Å². The van der Waals surface area contributed by atoms with Gasteiger partial charge in [0.15, 0.2) is 17.1 Å². The summed E-state index contributed by atoms with van der Waals surface area (Å²) in [6.07, 6.45) is 0. The Hall–Kier alpha value is -6.75. The van der Waals surface area contributed by atoms with Gasteiger partial charge in [-0.2, -0.15) is 0 Å². The van der Waals surface area contributed by atoms with Crippen molar-refractivity contribution in [1.29, 1.82) is 0 Å². The SMILES string of the molecule is [C-]#[N+]c1ccc(-c2ccc3sc4c(ccc5c6cc(-c7cc([N+]#[C-])ccc7-n7c8ccccc8c8cc([N+]#[C-])ccc87)ccc6sc54)c3c2)cc1. The van der Waals surface area contributed by atoms with Gasteiger partial charge in [-0.25, -0.2) is 14.5 Å². The van der Waals surface area contributed by atoms with E-state index in [0.29, 0.717) is 17.1 Å². The van der Waals surface area contributed by atoms with Gasteiger partial charge in [-0.15, -0.1) is 22.7 Å². The van der Waals surface area contributed by atoms with Crippen molar-refractivity contribution in [2.45, 2.75) is 0 Å². The minimum atomic E-state index is 0.591. The van der Waals surface area contributed by atoms with Crippen LogP contribution in [-0.2, 0) is 0 Å². The molecule has 10 rings (SSSR count). The molecule has 51 heavy (non-hydrogen) atoms. The Morgan fingerprint density at radius 3 is 1.69 bits per heavy atom. The number of aromatic nitrogens is 1. The van der Waals surface area contributed by atoms with Crippen LogP contribution in [0.15, 0.2) is 133 Å². The van der Waals surface area contributed by atoms with Gasteiger partial charge in [0, 0.05) is 36.3 Å². The van der Waals surface area contributed by atoms with Crippen molar-refractivity contribution in [2.75, 3.05) is 0 Å². The molecule has 0 saturated heterocycles. The fourth-order valence-electron chi connectivity index (χ4n) is 7.45. The van der Waals surface area contributed by atoms with Crippen LogP contribution in [0.5, 0.6) is 0 Å². The second-order valence-corrected chi connectivity index (χ2v) is 14.7. The molecule has 0 fully saturated rings. The molecule has 3 aromatic heterocycles. The first-order valence-corrected chi connectivity index (χ1v) is 18.0. The molecular weight excluding hydrogens is 661 g/mol. The van der Waals surface area contributed by atoms with Gasteiger partial charge in [0.2, 0.25) is 0 Å². The predicted molar refractivity (Wildman–Crippen MR) is 216 cm³/mol. The first-order valence-electron chi connectivity index (χ1n) is 16.3. The number of thiophene rings is 2. The molecule has 0 unspecified atom stereocenters. The summed E-state index contributed by atoms with van der Waals surface area (Å²) in [4.78, 5) is 11.1. The average Bonchev–Trinajstić information content (AvgIpc) is 3.86. The van der Waals surface area contributed by atoms with E-state index in [1.165, 1.54) is 40.3 Å². The van der Waals surface area contributed by atoms with E-state index in [0.717, 1.165) is 49.7 Å². The molecule has 0 bridgehead atoms. The molecule has 0 saturated carbocycles. The Morgan fingerprint density at radius 1 is 0.412 bits per heavy atom. The van der Waals surface area contributed by atoms with Gasteiger partial charge in [-0.05, 0) is 82.2 Å². The van der Waals surface area contributed by atoms with Crippen molar-refractivity contribution in [3.63, 3.8) is 0 Å². The summed E-state index contributed by atoms with van der Waals surface area (Å²) < 4.78 is 7.34. The fourth-order valence-corrected chi connectivity index (χ4v) is 9.95. The largest absolute Gasteiger partial charge is 0.309 e. The topological polar surface area (TPSA) is 18.0 Å². The number of rotatable bonds is 3. The molecule has 10 aromatic rings. The molecule has 0 N–H and O–H groups in total. The van der Waals surface area contributed by atoms with Crippen LogP contribution in [-0.4, -0.2) is 4.57 Å². The van der Waals surface area contributed by atoms with Crippen LogP contribution in [0.3, 0.4) is 0 Å². The lowest BCUT2D eigenvalue weighted by Crippen LogP contribution is -1.97. The zero-order chi connectivity index (χ0) is 34.2. The Kier molecular flexibility index (Phi) is 6.38. The number of fused-ring (bicyclic) bond motifs is 10. The van der Waals surface area contributed by atoms with Gasteiger partial charge in [0.05, 0.1) is 45.8 Å². The Labute approximate surface area is 300 Å². The van der Waals surface area contributed by atoms with Crippen LogP contribution in [0.4, 0.5) is 17.1 Å². The number of hydrogen-bond acceptors (Lipinski definition) is 2. The number of para-hydroxylation sites is 1. The maximum Gasteiger partial charge on any atom is 0.188 e. The maximum atomic E-state index is 7.85. The third-order valence-corrected chi connectivity index (χ3v) is 12.4. The summed E-state index contributed by atoms with van der Waals surface area (Å²) >= 11 is 3.68. The van der Waals surface area contributed by atoms with Crippen LogP contribution in [0.1, 0.15) is 0 Å².